The topological polar surface area (TPSA) is 112 Å². The molecule has 0 aliphatic carbocycles. The number of rotatable bonds is 4. The molecule has 31 heavy (non-hydrogen) atoms. The van der Waals surface area contributed by atoms with Gasteiger partial charge in [0.25, 0.3) is 0 Å². The van der Waals surface area contributed by atoms with Gasteiger partial charge in [-0.3, -0.25) is 4.79 Å². The van der Waals surface area contributed by atoms with E-state index >= 15 is 0 Å². The Labute approximate surface area is 190 Å². The van der Waals surface area contributed by atoms with Crippen molar-refractivity contribution < 1.29 is 19.4 Å². The predicted molar refractivity (Wildman–Crippen MR) is 118 cm³/mol. The highest BCUT2D eigenvalue weighted by Gasteiger charge is 2.32. The fourth-order valence-electron chi connectivity index (χ4n) is 3.64. The van der Waals surface area contributed by atoms with Crippen LogP contribution in [0.3, 0.4) is 0 Å². The second-order valence-corrected chi connectivity index (χ2v) is 10.0. The zero-order chi connectivity index (χ0) is 22.9. The molecule has 2 aliphatic heterocycles. The predicted octanol–water partition coefficient (Wildman–Crippen LogP) is 2.29. The summed E-state index contributed by atoms with van der Waals surface area (Å²) in [4.78, 5) is 26.7. The zero-order valence-corrected chi connectivity index (χ0v) is 20.2. The number of amides is 2. The zero-order valence-electron chi connectivity index (χ0n) is 18.6. The third-order valence-corrected chi connectivity index (χ3v) is 5.37. The van der Waals surface area contributed by atoms with E-state index in [4.69, 9.17) is 4.74 Å². The Morgan fingerprint density at radius 1 is 1.39 bits per heavy atom. The fraction of sp³-hybridized carbons (Fsp3) is 0.700. The molecule has 172 valence electrons. The van der Waals surface area contributed by atoms with Crippen molar-refractivity contribution in [2.24, 2.45) is 11.0 Å². The molecule has 1 aromatic heterocycles. The minimum Gasteiger partial charge on any atom is -0.444 e. The number of hydrogen-bond acceptors (Lipinski definition) is 7. The van der Waals surface area contributed by atoms with Gasteiger partial charge in [-0.25, -0.2) is 14.5 Å². The summed E-state index contributed by atoms with van der Waals surface area (Å²) >= 11 is 3.33. The second-order valence-electron chi connectivity index (χ2n) is 9.21. The summed E-state index contributed by atoms with van der Waals surface area (Å²) in [6.45, 7) is 10.3. The van der Waals surface area contributed by atoms with E-state index in [0.717, 1.165) is 18.6 Å². The summed E-state index contributed by atoms with van der Waals surface area (Å²) in [6, 6.07) is 1.62. The molecule has 0 spiro atoms. The summed E-state index contributed by atoms with van der Waals surface area (Å²) in [5.74, 6) is -0.197. The van der Waals surface area contributed by atoms with Crippen LogP contribution in [0.1, 0.15) is 59.5 Å². The molecule has 3 rings (SSSR count). The van der Waals surface area contributed by atoms with E-state index in [1.165, 1.54) is 9.69 Å². The number of fused-ring (bicyclic) bond motifs is 1. The van der Waals surface area contributed by atoms with Crippen LogP contribution < -0.4 is 5.32 Å². The number of nitrogens with one attached hydrogen (secondary N) is 1. The number of aliphatic hydroxyl groups excluding tert-OH is 1. The highest BCUT2D eigenvalue weighted by atomic mass is 79.9. The van der Waals surface area contributed by atoms with Crippen molar-refractivity contribution in [2.45, 2.75) is 65.5 Å². The van der Waals surface area contributed by atoms with Crippen LogP contribution in [0, 0.1) is 5.92 Å². The fourth-order valence-corrected chi connectivity index (χ4v) is 4.02. The van der Waals surface area contributed by atoms with Crippen molar-refractivity contribution >= 4 is 33.6 Å². The van der Waals surface area contributed by atoms with Crippen LogP contribution in [-0.4, -0.2) is 73.8 Å². The van der Waals surface area contributed by atoms with Crippen LogP contribution in [0.4, 0.5) is 4.79 Å². The molecule has 1 aromatic rings. The maximum absolute atomic E-state index is 12.7. The van der Waals surface area contributed by atoms with Crippen LogP contribution in [0.25, 0.3) is 0 Å². The number of halogens is 1. The average Bonchev–Trinajstić information content (AvgIpc) is 3.04. The highest BCUT2D eigenvalue weighted by Crippen LogP contribution is 2.26. The van der Waals surface area contributed by atoms with Crippen molar-refractivity contribution in [1.82, 2.24) is 25.0 Å². The molecule has 2 N–H and O–H groups in total. The third-order valence-electron chi connectivity index (χ3n) is 4.98. The molecule has 0 aromatic carbocycles. The first-order chi connectivity index (χ1) is 14.4. The quantitative estimate of drug-likeness (QED) is 0.658. The number of aliphatic hydroxyl groups is 1. The van der Waals surface area contributed by atoms with Gasteiger partial charge in [0.15, 0.2) is 0 Å². The summed E-state index contributed by atoms with van der Waals surface area (Å²) in [7, 11) is 0. The van der Waals surface area contributed by atoms with E-state index in [9.17, 15) is 14.7 Å². The monoisotopic (exact) mass is 498 g/mol. The van der Waals surface area contributed by atoms with Crippen LogP contribution in [0.2, 0.25) is 0 Å². The second kappa shape index (κ2) is 9.15. The molecule has 1 fully saturated rings. The summed E-state index contributed by atoms with van der Waals surface area (Å²) in [5.41, 5.74) is 0.890. The number of carbonyl (C=O) groups excluding carboxylic acids is 2. The van der Waals surface area contributed by atoms with Gasteiger partial charge in [-0.2, -0.15) is 10.2 Å². The largest absolute Gasteiger partial charge is 0.444 e. The van der Waals surface area contributed by atoms with Gasteiger partial charge in [-0.05, 0) is 55.5 Å². The Kier molecular flexibility index (Phi) is 6.95. The van der Waals surface area contributed by atoms with E-state index < -0.39 is 12.0 Å². The smallest absolute Gasteiger partial charge is 0.410 e. The Bertz CT molecular complexity index is 862. The normalized spacial score (nSPS) is 21.6. The maximum Gasteiger partial charge on any atom is 0.410 e. The van der Waals surface area contributed by atoms with Crippen molar-refractivity contribution in [3.05, 3.63) is 16.4 Å². The van der Waals surface area contributed by atoms with Gasteiger partial charge < -0.3 is 20.1 Å². The molecule has 0 saturated carbocycles. The number of hydrogen-bond donors (Lipinski definition) is 2. The van der Waals surface area contributed by atoms with Crippen LogP contribution >= 0.6 is 15.9 Å². The maximum atomic E-state index is 12.7. The first kappa shape index (κ1) is 23.5. The lowest BCUT2D eigenvalue weighted by Crippen LogP contribution is -2.52. The SMILES string of the molecule is CC(C)C1=NN(CC(=O)N[C@@H]2CCCN(C(=O)OC(C)(C)C)C2)[C@@H](O)n2nc(Br)cc21. The molecule has 11 heteroatoms. The Balaban J connectivity index is 1.62. The van der Waals surface area contributed by atoms with Crippen LogP contribution in [0.5, 0.6) is 0 Å². The van der Waals surface area contributed by atoms with Crippen LogP contribution in [-0.2, 0) is 9.53 Å². The van der Waals surface area contributed by atoms with Gasteiger partial charge in [0.05, 0.1) is 11.4 Å². The number of piperidine rings is 1. The first-order valence-corrected chi connectivity index (χ1v) is 11.3. The van der Waals surface area contributed by atoms with Gasteiger partial charge in [0.2, 0.25) is 12.3 Å². The average molecular weight is 499 g/mol. The van der Waals surface area contributed by atoms with Gasteiger partial charge in [0.1, 0.15) is 16.7 Å². The van der Waals surface area contributed by atoms with E-state index in [1.54, 1.807) is 11.0 Å². The van der Waals surface area contributed by atoms with Gasteiger partial charge in [-0.15, -0.1) is 0 Å². The number of ether oxygens (including phenoxy) is 1. The minimum absolute atomic E-state index is 0.0844. The van der Waals surface area contributed by atoms with E-state index in [0.29, 0.717) is 23.4 Å². The molecule has 1 saturated heterocycles. The minimum atomic E-state index is -1.18. The lowest BCUT2D eigenvalue weighted by atomic mass is 10.0. The highest BCUT2D eigenvalue weighted by molar-refractivity contribution is 9.10. The number of carbonyl (C=O) groups is 2. The van der Waals surface area contributed by atoms with Gasteiger partial charge >= 0.3 is 6.09 Å². The molecule has 0 unspecified atom stereocenters. The van der Waals surface area contributed by atoms with Crippen LogP contribution in [0.15, 0.2) is 15.8 Å². The first-order valence-electron chi connectivity index (χ1n) is 10.5. The van der Waals surface area contributed by atoms with Gasteiger partial charge in [0, 0.05) is 25.2 Å². The summed E-state index contributed by atoms with van der Waals surface area (Å²) in [5, 5.41) is 23.7. The van der Waals surface area contributed by atoms with E-state index in [-0.39, 0.29) is 30.5 Å². The van der Waals surface area contributed by atoms with Crippen molar-refractivity contribution in [2.75, 3.05) is 19.6 Å². The lowest BCUT2D eigenvalue weighted by molar-refractivity contribution is -0.131. The molecule has 0 bridgehead atoms. The molecule has 2 atom stereocenters. The molecule has 0 radical (unpaired) electrons. The molecular weight excluding hydrogens is 468 g/mol. The third kappa shape index (κ3) is 5.76. The molecular formula is C20H31BrN6O4. The Morgan fingerprint density at radius 3 is 2.74 bits per heavy atom. The number of aromatic nitrogens is 2. The number of hydrazone groups is 1. The number of likely N-dealkylation sites (tertiary alicyclic amines) is 1. The Hall–Kier alpha value is -2.14. The summed E-state index contributed by atoms with van der Waals surface area (Å²) in [6.07, 6.45) is -0.0127. The lowest BCUT2D eigenvalue weighted by Gasteiger charge is -2.35. The van der Waals surface area contributed by atoms with Gasteiger partial charge in [-0.1, -0.05) is 13.8 Å². The Morgan fingerprint density at radius 2 is 2.10 bits per heavy atom. The molecule has 10 nitrogen and oxygen atoms in total. The van der Waals surface area contributed by atoms with Crippen molar-refractivity contribution in [3.63, 3.8) is 0 Å². The van der Waals surface area contributed by atoms with Crippen molar-refractivity contribution in [3.8, 4) is 0 Å². The molecule has 2 amide bonds. The molecule has 2 aliphatic rings. The number of nitrogens with zero attached hydrogens (tertiary/aromatic N) is 5. The van der Waals surface area contributed by atoms with E-state index in [1.807, 2.05) is 34.6 Å². The summed E-state index contributed by atoms with van der Waals surface area (Å²) < 4.78 is 7.47. The van der Waals surface area contributed by atoms with E-state index in [2.05, 4.69) is 31.4 Å². The van der Waals surface area contributed by atoms with Crippen molar-refractivity contribution in [1.29, 1.82) is 0 Å². The molecule has 3 heterocycles. The standard InChI is InChI=1S/C20H31BrN6O4/c1-12(2)17-14-9-15(21)23-27(14)18(29)26(24-17)11-16(28)22-13-7-6-8-25(10-13)19(30)31-20(3,4)5/h9,12-13,18,29H,6-8,10-11H2,1-5H3,(H,22,28)/t13-,18-/m1/s1.